The topological polar surface area (TPSA) is 78.5 Å². The highest BCUT2D eigenvalue weighted by Crippen LogP contribution is 2.50. The first kappa shape index (κ1) is 16.4. The van der Waals surface area contributed by atoms with Crippen LogP contribution < -0.4 is 10.6 Å². The molecule has 2 aliphatic heterocycles. The molecular formula is C18H22ClN5O. The average Bonchev–Trinajstić information content (AvgIpc) is 2.88. The van der Waals surface area contributed by atoms with Crippen molar-refractivity contribution >= 4 is 29.1 Å². The normalized spacial score (nSPS) is 18.4. The van der Waals surface area contributed by atoms with Crippen LogP contribution in [0.15, 0.2) is 24.4 Å². The maximum Gasteiger partial charge on any atom is 0.222 e. The molecule has 0 bridgehead atoms. The molecule has 1 aromatic carbocycles. The summed E-state index contributed by atoms with van der Waals surface area (Å²) in [5.41, 5.74) is 8.02. The van der Waals surface area contributed by atoms with Crippen molar-refractivity contribution in [2.75, 3.05) is 36.8 Å². The Morgan fingerprint density at radius 2 is 2.12 bits per heavy atom. The van der Waals surface area contributed by atoms with Crippen molar-refractivity contribution in [2.45, 2.75) is 25.2 Å². The first-order chi connectivity index (χ1) is 12.0. The second-order valence-electron chi connectivity index (χ2n) is 7.03. The molecule has 1 aromatic heterocycles. The number of unbranched alkanes of at least 4 members (excludes halogenated alkanes) is 1. The van der Waals surface area contributed by atoms with E-state index < -0.39 is 0 Å². The van der Waals surface area contributed by atoms with Gasteiger partial charge in [0.2, 0.25) is 5.95 Å². The van der Waals surface area contributed by atoms with Gasteiger partial charge in [0.05, 0.1) is 11.9 Å². The van der Waals surface area contributed by atoms with Gasteiger partial charge >= 0.3 is 0 Å². The van der Waals surface area contributed by atoms with Crippen LogP contribution in [-0.4, -0.2) is 46.2 Å². The number of hydrogen-bond donors (Lipinski definition) is 2. The third kappa shape index (κ3) is 2.69. The highest BCUT2D eigenvalue weighted by atomic mass is 35.5. The minimum Gasteiger partial charge on any atom is -0.508 e. The Bertz CT molecular complexity index is 806. The molecule has 3 N–H and O–H groups in total. The minimum atomic E-state index is 0.0554. The number of likely N-dealkylation sites (tertiary alicyclic amines) is 1. The van der Waals surface area contributed by atoms with E-state index >= 15 is 0 Å². The summed E-state index contributed by atoms with van der Waals surface area (Å²) < 4.78 is 0. The molecule has 4 rings (SSSR count). The van der Waals surface area contributed by atoms with Gasteiger partial charge in [-0.25, -0.2) is 4.98 Å². The molecule has 1 saturated heterocycles. The summed E-state index contributed by atoms with van der Waals surface area (Å²) in [5.74, 6) is 1.03. The van der Waals surface area contributed by atoms with Gasteiger partial charge in [0.1, 0.15) is 10.8 Å². The fourth-order valence-electron chi connectivity index (χ4n) is 4.03. The minimum absolute atomic E-state index is 0.0554. The first-order valence-corrected chi connectivity index (χ1v) is 9.01. The highest BCUT2D eigenvalue weighted by molar-refractivity contribution is 6.33. The lowest BCUT2D eigenvalue weighted by molar-refractivity contribution is 0.0753. The molecule has 3 heterocycles. The number of hydrogen-bond acceptors (Lipinski definition) is 6. The standard InChI is InChI=1S/C18H22ClN5O/c1-2-3-6-23-9-18(10-23)11-24(15-7-12(25)4-5-13(15)18)16-14(19)8-21-17(20)22-16/h4-5,7-8,25H,2-3,6,9-11H2,1H3,(H2,20,21,22). The number of nitrogens with two attached hydrogens (primary N) is 1. The van der Waals surface area contributed by atoms with Gasteiger partial charge in [0, 0.05) is 31.1 Å². The van der Waals surface area contributed by atoms with Crippen LogP contribution in [0.4, 0.5) is 17.5 Å². The number of aromatic hydroxyl groups is 1. The fourth-order valence-corrected chi connectivity index (χ4v) is 4.23. The predicted octanol–water partition coefficient (Wildman–Crippen LogP) is 2.92. The lowest BCUT2D eigenvalue weighted by Gasteiger charge is -2.48. The van der Waals surface area contributed by atoms with Crippen LogP contribution in [0.5, 0.6) is 5.75 Å². The molecule has 0 saturated carbocycles. The maximum absolute atomic E-state index is 9.99. The molecule has 0 radical (unpaired) electrons. The molecule has 2 aromatic rings. The summed E-state index contributed by atoms with van der Waals surface area (Å²) in [6.07, 6.45) is 3.95. The molecule has 6 nitrogen and oxygen atoms in total. The highest BCUT2D eigenvalue weighted by Gasteiger charge is 2.51. The van der Waals surface area contributed by atoms with E-state index in [9.17, 15) is 5.11 Å². The van der Waals surface area contributed by atoms with Crippen molar-refractivity contribution in [1.82, 2.24) is 14.9 Å². The van der Waals surface area contributed by atoms with E-state index in [1.165, 1.54) is 24.6 Å². The summed E-state index contributed by atoms with van der Waals surface area (Å²) in [7, 11) is 0. The van der Waals surface area contributed by atoms with Gasteiger partial charge in [0.25, 0.3) is 0 Å². The van der Waals surface area contributed by atoms with Gasteiger partial charge in [-0.1, -0.05) is 31.0 Å². The molecule has 0 atom stereocenters. The number of benzene rings is 1. The van der Waals surface area contributed by atoms with Gasteiger partial charge in [-0.3, -0.25) is 0 Å². The summed E-state index contributed by atoms with van der Waals surface area (Å²) in [4.78, 5) is 12.8. The Kier molecular flexibility index (Phi) is 3.96. The summed E-state index contributed by atoms with van der Waals surface area (Å²) in [5, 5.41) is 10.4. The van der Waals surface area contributed by atoms with Crippen molar-refractivity contribution in [3.8, 4) is 5.75 Å². The summed E-state index contributed by atoms with van der Waals surface area (Å²) in [6.45, 7) is 6.16. The maximum atomic E-state index is 9.99. The zero-order valence-electron chi connectivity index (χ0n) is 14.2. The van der Waals surface area contributed by atoms with Crippen LogP contribution in [0, 0.1) is 0 Å². The van der Waals surface area contributed by atoms with E-state index in [0.717, 1.165) is 31.9 Å². The quantitative estimate of drug-likeness (QED) is 0.873. The van der Waals surface area contributed by atoms with Gasteiger partial charge < -0.3 is 20.6 Å². The van der Waals surface area contributed by atoms with Gasteiger partial charge in [-0.05, 0) is 24.6 Å². The van der Waals surface area contributed by atoms with Crippen molar-refractivity contribution in [2.24, 2.45) is 0 Å². The number of phenolic OH excluding ortho intramolecular Hbond substituents is 1. The Morgan fingerprint density at radius 3 is 2.88 bits per heavy atom. The van der Waals surface area contributed by atoms with Crippen LogP contribution in [0.3, 0.4) is 0 Å². The van der Waals surface area contributed by atoms with Crippen molar-refractivity contribution in [1.29, 1.82) is 0 Å². The van der Waals surface area contributed by atoms with Crippen molar-refractivity contribution < 1.29 is 5.11 Å². The number of fused-ring (bicyclic) bond motifs is 2. The second kappa shape index (κ2) is 6.04. The van der Waals surface area contributed by atoms with Gasteiger partial charge in [0.15, 0.2) is 5.82 Å². The zero-order valence-corrected chi connectivity index (χ0v) is 15.0. The van der Waals surface area contributed by atoms with Crippen LogP contribution in [-0.2, 0) is 5.41 Å². The van der Waals surface area contributed by atoms with Crippen molar-refractivity contribution in [3.63, 3.8) is 0 Å². The second-order valence-corrected chi connectivity index (χ2v) is 7.44. The average molecular weight is 360 g/mol. The van der Waals surface area contributed by atoms with E-state index in [2.05, 4.69) is 26.7 Å². The number of phenols is 1. The Hall–Kier alpha value is -2.05. The number of aromatic nitrogens is 2. The van der Waals surface area contributed by atoms with E-state index in [1.54, 1.807) is 12.1 Å². The summed E-state index contributed by atoms with van der Waals surface area (Å²) in [6, 6.07) is 5.57. The van der Waals surface area contributed by atoms with Gasteiger partial charge in [-0.15, -0.1) is 0 Å². The molecule has 0 amide bonds. The first-order valence-electron chi connectivity index (χ1n) is 8.64. The molecule has 25 heavy (non-hydrogen) atoms. The fraction of sp³-hybridized carbons (Fsp3) is 0.444. The molecule has 1 spiro atoms. The summed E-state index contributed by atoms with van der Waals surface area (Å²) >= 11 is 6.34. The van der Waals surface area contributed by atoms with Crippen LogP contribution in [0.2, 0.25) is 5.02 Å². The van der Waals surface area contributed by atoms with Crippen LogP contribution >= 0.6 is 11.6 Å². The van der Waals surface area contributed by atoms with Crippen LogP contribution in [0.1, 0.15) is 25.3 Å². The Labute approximate surface area is 152 Å². The van der Waals surface area contributed by atoms with Crippen LogP contribution in [0.25, 0.3) is 0 Å². The molecule has 1 fully saturated rings. The van der Waals surface area contributed by atoms with E-state index in [-0.39, 0.29) is 17.1 Å². The monoisotopic (exact) mass is 359 g/mol. The number of nitrogens with zero attached hydrogens (tertiary/aromatic N) is 4. The Balaban J connectivity index is 1.70. The smallest absolute Gasteiger partial charge is 0.222 e. The molecule has 0 aliphatic carbocycles. The zero-order chi connectivity index (χ0) is 17.6. The number of halogens is 1. The van der Waals surface area contributed by atoms with Gasteiger partial charge in [-0.2, -0.15) is 4.98 Å². The number of rotatable bonds is 4. The van der Waals surface area contributed by atoms with E-state index in [0.29, 0.717) is 10.8 Å². The molecule has 0 unspecified atom stereocenters. The third-order valence-electron chi connectivity index (χ3n) is 5.18. The number of nitrogen functional groups attached to an aromatic ring is 1. The van der Waals surface area contributed by atoms with E-state index in [1.807, 2.05) is 6.07 Å². The number of anilines is 3. The molecule has 2 aliphatic rings. The largest absolute Gasteiger partial charge is 0.508 e. The Morgan fingerprint density at radius 1 is 1.32 bits per heavy atom. The lowest BCUT2D eigenvalue weighted by atomic mass is 9.75. The van der Waals surface area contributed by atoms with E-state index in [4.69, 9.17) is 17.3 Å². The molecular weight excluding hydrogens is 338 g/mol. The molecule has 132 valence electrons. The third-order valence-corrected chi connectivity index (χ3v) is 5.45. The molecule has 7 heteroatoms. The lowest BCUT2D eigenvalue weighted by Crippen LogP contribution is -2.61. The van der Waals surface area contributed by atoms with Crippen molar-refractivity contribution in [3.05, 3.63) is 35.0 Å². The SMILES string of the molecule is CCCCN1CC2(C1)CN(c1nc(N)ncc1Cl)c1cc(O)ccc12. The predicted molar refractivity (Wildman–Crippen MR) is 99.6 cm³/mol.